The second-order valence-electron chi connectivity index (χ2n) is 7.64. The fraction of sp³-hybridized carbons (Fsp3) is 0.722. The molecule has 3 amide bonds. The number of nitrogens with one attached hydrogen (secondary N) is 1. The Morgan fingerprint density at radius 2 is 1.89 bits per heavy atom. The van der Waals surface area contributed by atoms with E-state index in [4.69, 9.17) is 5.73 Å². The average molecular weight is 379 g/mol. The number of amides is 3. The number of carbonyl (C=O) groups is 3. The number of carbonyl (C=O) groups excluding carboxylic acids is 2. The summed E-state index contributed by atoms with van der Waals surface area (Å²) >= 11 is 0. The zero-order valence-corrected chi connectivity index (χ0v) is 15.6. The SMILES string of the molecule is C=C(N)N1CCCC(CC[C@H]2C(=O)N(C(=O)N3CCNCC3)C2C(=O)O)C1. The van der Waals surface area contributed by atoms with Crippen molar-refractivity contribution < 1.29 is 19.5 Å². The molecule has 3 rings (SSSR count). The molecule has 3 aliphatic rings. The van der Waals surface area contributed by atoms with Gasteiger partial charge in [0, 0.05) is 39.3 Å². The van der Waals surface area contributed by atoms with Crippen molar-refractivity contribution in [1.82, 2.24) is 20.0 Å². The summed E-state index contributed by atoms with van der Waals surface area (Å²) in [5.41, 5.74) is 5.78. The Kier molecular flexibility index (Phi) is 5.88. The molecule has 0 saturated carbocycles. The second kappa shape index (κ2) is 8.16. The molecule has 0 aromatic heterocycles. The molecular weight excluding hydrogens is 350 g/mol. The van der Waals surface area contributed by atoms with Crippen molar-refractivity contribution in [3.05, 3.63) is 12.4 Å². The van der Waals surface area contributed by atoms with Gasteiger partial charge in [0.05, 0.1) is 11.7 Å². The largest absolute Gasteiger partial charge is 0.480 e. The van der Waals surface area contributed by atoms with E-state index in [9.17, 15) is 19.5 Å². The molecule has 3 atom stereocenters. The summed E-state index contributed by atoms with van der Waals surface area (Å²) in [5.74, 6) is -1.17. The summed E-state index contributed by atoms with van der Waals surface area (Å²) in [4.78, 5) is 41.4. The maximum atomic E-state index is 12.6. The number of rotatable bonds is 5. The van der Waals surface area contributed by atoms with Crippen LogP contribution in [-0.4, -0.2) is 83.0 Å². The lowest BCUT2D eigenvalue weighted by Crippen LogP contribution is -2.69. The van der Waals surface area contributed by atoms with Crippen LogP contribution in [0.15, 0.2) is 12.4 Å². The number of nitrogens with zero attached hydrogens (tertiary/aromatic N) is 3. The van der Waals surface area contributed by atoms with E-state index in [1.54, 1.807) is 4.90 Å². The second-order valence-corrected chi connectivity index (χ2v) is 7.64. The number of aliphatic carboxylic acids is 1. The van der Waals surface area contributed by atoms with Crippen LogP contribution in [0.2, 0.25) is 0 Å². The maximum absolute atomic E-state index is 12.6. The van der Waals surface area contributed by atoms with Crippen LogP contribution in [0.25, 0.3) is 0 Å². The molecule has 0 radical (unpaired) electrons. The van der Waals surface area contributed by atoms with Gasteiger partial charge in [-0.2, -0.15) is 0 Å². The van der Waals surface area contributed by atoms with E-state index in [0.717, 1.165) is 37.3 Å². The van der Waals surface area contributed by atoms with Crippen molar-refractivity contribution in [2.24, 2.45) is 17.6 Å². The molecular formula is C18H29N5O4. The van der Waals surface area contributed by atoms with Crippen molar-refractivity contribution >= 4 is 17.9 Å². The van der Waals surface area contributed by atoms with Crippen LogP contribution >= 0.6 is 0 Å². The third-order valence-electron chi connectivity index (χ3n) is 5.87. The highest BCUT2D eigenvalue weighted by Crippen LogP contribution is 2.34. The minimum Gasteiger partial charge on any atom is -0.480 e. The van der Waals surface area contributed by atoms with E-state index < -0.39 is 24.0 Å². The smallest absolute Gasteiger partial charge is 0.327 e. The van der Waals surface area contributed by atoms with E-state index in [2.05, 4.69) is 11.9 Å². The zero-order chi connectivity index (χ0) is 19.6. The van der Waals surface area contributed by atoms with Crippen molar-refractivity contribution in [2.75, 3.05) is 39.3 Å². The van der Waals surface area contributed by atoms with E-state index >= 15 is 0 Å². The summed E-state index contributed by atoms with van der Waals surface area (Å²) in [5, 5.41) is 12.7. The monoisotopic (exact) mass is 379 g/mol. The number of carboxylic acid groups (broad SMARTS) is 1. The quantitative estimate of drug-likeness (QED) is 0.568. The van der Waals surface area contributed by atoms with Gasteiger partial charge in [-0.15, -0.1) is 0 Å². The molecule has 3 aliphatic heterocycles. The Hall–Kier alpha value is -2.29. The topological polar surface area (TPSA) is 119 Å². The third-order valence-corrected chi connectivity index (χ3v) is 5.87. The number of β-lactam (4-membered cyclic amide) rings is 1. The number of imide groups is 1. The highest BCUT2D eigenvalue weighted by atomic mass is 16.4. The van der Waals surface area contributed by atoms with Gasteiger partial charge in [-0.3, -0.25) is 4.79 Å². The third kappa shape index (κ3) is 4.02. The molecule has 0 aromatic rings. The number of hydrogen-bond acceptors (Lipinski definition) is 6. The molecule has 27 heavy (non-hydrogen) atoms. The molecule has 3 heterocycles. The van der Waals surface area contributed by atoms with Gasteiger partial charge in [0.1, 0.15) is 0 Å². The number of nitrogens with two attached hydrogens (primary N) is 1. The summed E-state index contributed by atoms with van der Waals surface area (Å²) in [7, 11) is 0. The molecule has 0 bridgehead atoms. The molecule has 0 aliphatic carbocycles. The molecule has 0 spiro atoms. The van der Waals surface area contributed by atoms with Crippen molar-refractivity contribution in [3.63, 3.8) is 0 Å². The zero-order valence-electron chi connectivity index (χ0n) is 15.6. The lowest BCUT2D eigenvalue weighted by molar-refractivity contribution is -0.167. The van der Waals surface area contributed by atoms with Gasteiger partial charge in [-0.1, -0.05) is 6.58 Å². The van der Waals surface area contributed by atoms with Crippen molar-refractivity contribution in [2.45, 2.75) is 31.7 Å². The maximum Gasteiger partial charge on any atom is 0.327 e. The van der Waals surface area contributed by atoms with Gasteiger partial charge < -0.3 is 26.0 Å². The first-order chi connectivity index (χ1) is 12.9. The number of urea groups is 1. The van der Waals surface area contributed by atoms with Crippen molar-refractivity contribution in [3.8, 4) is 0 Å². The molecule has 9 heteroatoms. The van der Waals surface area contributed by atoms with Crippen LogP contribution in [-0.2, 0) is 9.59 Å². The summed E-state index contributed by atoms with van der Waals surface area (Å²) in [6.07, 6.45) is 3.28. The molecule has 9 nitrogen and oxygen atoms in total. The highest BCUT2D eigenvalue weighted by Gasteiger charge is 2.55. The fourth-order valence-electron chi connectivity index (χ4n) is 4.31. The Balaban J connectivity index is 1.58. The number of carboxylic acids is 1. The van der Waals surface area contributed by atoms with Gasteiger partial charge in [-0.05, 0) is 31.6 Å². The van der Waals surface area contributed by atoms with Crippen LogP contribution < -0.4 is 11.1 Å². The highest BCUT2D eigenvalue weighted by molar-refractivity contribution is 6.07. The first kappa shape index (κ1) is 19.5. The fourth-order valence-corrected chi connectivity index (χ4v) is 4.31. The molecule has 0 aromatic carbocycles. The number of hydrogen-bond donors (Lipinski definition) is 3. The van der Waals surface area contributed by atoms with Gasteiger partial charge in [0.2, 0.25) is 5.91 Å². The Morgan fingerprint density at radius 3 is 2.52 bits per heavy atom. The van der Waals surface area contributed by atoms with Crippen molar-refractivity contribution in [1.29, 1.82) is 0 Å². The summed E-state index contributed by atoms with van der Waals surface area (Å²) in [6, 6.07) is -1.53. The van der Waals surface area contributed by atoms with Crippen LogP contribution in [0.3, 0.4) is 0 Å². The standard InChI is InChI=1S/C18H29N5O4/c1-12(19)22-8-2-3-13(11-22)4-5-14-15(17(25)26)23(16(14)24)18(27)21-9-6-20-7-10-21/h13-15,20H,1-11,19H2,(H,25,26)/t13?,14-,15?/m1/s1. The average Bonchev–Trinajstić information content (AvgIpc) is 2.66. The van der Waals surface area contributed by atoms with Crippen LogP contribution in [0, 0.1) is 11.8 Å². The van der Waals surface area contributed by atoms with Gasteiger partial charge in [-0.25, -0.2) is 14.5 Å². The van der Waals surface area contributed by atoms with Crippen LogP contribution in [0.5, 0.6) is 0 Å². The number of likely N-dealkylation sites (tertiary alicyclic amines) is 2. The lowest BCUT2D eigenvalue weighted by Gasteiger charge is -2.46. The van der Waals surface area contributed by atoms with Gasteiger partial charge in [0.25, 0.3) is 0 Å². The Morgan fingerprint density at radius 1 is 1.19 bits per heavy atom. The van der Waals surface area contributed by atoms with Gasteiger partial charge >= 0.3 is 12.0 Å². The van der Waals surface area contributed by atoms with Crippen LogP contribution in [0.4, 0.5) is 4.79 Å². The first-order valence-corrected chi connectivity index (χ1v) is 9.65. The molecule has 150 valence electrons. The van der Waals surface area contributed by atoms with E-state index in [1.165, 1.54) is 0 Å². The molecule has 4 N–H and O–H groups in total. The summed E-state index contributed by atoms with van der Waals surface area (Å²) in [6.45, 7) is 7.73. The first-order valence-electron chi connectivity index (χ1n) is 9.65. The normalized spacial score (nSPS) is 28.7. The number of piperazine rings is 1. The minimum atomic E-state index is -1.11. The summed E-state index contributed by atoms with van der Waals surface area (Å²) < 4.78 is 0. The van der Waals surface area contributed by atoms with E-state index in [0.29, 0.717) is 44.3 Å². The van der Waals surface area contributed by atoms with Crippen LogP contribution in [0.1, 0.15) is 25.7 Å². The Bertz CT molecular complexity index is 619. The van der Waals surface area contributed by atoms with Gasteiger partial charge in [0.15, 0.2) is 6.04 Å². The predicted molar refractivity (Wildman–Crippen MR) is 98.5 cm³/mol. The van der Waals surface area contributed by atoms with E-state index in [1.807, 2.05) is 4.90 Å². The molecule has 2 unspecified atom stereocenters. The van der Waals surface area contributed by atoms with E-state index in [-0.39, 0.29) is 5.91 Å². The minimum absolute atomic E-state index is 0.359. The molecule has 3 fully saturated rings. The molecule has 3 saturated heterocycles. The predicted octanol–water partition coefficient (Wildman–Crippen LogP) is -0.155. The Labute approximate surface area is 159 Å². The lowest BCUT2D eigenvalue weighted by atomic mass is 9.80. The number of piperidine rings is 1.